The summed E-state index contributed by atoms with van der Waals surface area (Å²) in [6.07, 6.45) is 2.17. The molecule has 0 radical (unpaired) electrons. The van der Waals surface area contributed by atoms with Gasteiger partial charge in [-0.25, -0.2) is 9.59 Å². The van der Waals surface area contributed by atoms with Crippen LogP contribution in [0.3, 0.4) is 0 Å². The lowest BCUT2D eigenvalue weighted by atomic mass is 10.5. The third kappa shape index (κ3) is 7.92. The molecule has 0 saturated heterocycles. The first-order valence-corrected chi connectivity index (χ1v) is 3.18. The van der Waals surface area contributed by atoms with E-state index in [-0.39, 0.29) is 6.61 Å². The van der Waals surface area contributed by atoms with E-state index in [4.69, 9.17) is 15.3 Å². The van der Waals surface area contributed by atoms with Crippen LogP contribution in [0.4, 0.5) is 0 Å². The fourth-order valence-corrected chi connectivity index (χ4v) is 0.386. The van der Waals surface area contributed by atoms with Gasteiger partial charge in [-0.05, 0) is 0 Å². The maximum absolute atomic E-state index is 10.6. The number of rotatable bonds is 4. The molecule has 0 amide bonds. The number of carboxylic acids is 1. The van der Waals surface area contributed by atoms with Gasteiger partial charge in [0.25, 0.3) is 5.95 Å². The summed E-state index contributed by atoms with van der Waals surface area (Å²) in [5.74, 6) is -3.10. The molecule has 0 aromatic rings. The van der Waals surface area contributed by atoms with Gasteiger partial charge in [0.1, 0.15) is 6.61 Å². The summed E-state index contributed by atoms with van der Waals surface area (Å²) in [7, 11) is 0. The van der Waals surface area contributed by atoms with Crippen molar-refractivity contribution in [1.29, 1.82) is 0 Å². The molecular weight excluding hydrogens is 180 g/mol. The molecule has 13 heavy (non-hydrogen) atoms. The van der Waals surface area contributed by atoms with E-state index in [2.05, 4.69) is 4.74 Å². The van der Waals surface area contributed by atoms with Gasteiger partial charge >= 0.3 is 11.9 Å². The summed E-state index contributed by atoms with van der Waals surface area (Å²) in [6, 6.07) is 0. The number of aliphatic hydroxyl groups excluding tert-OH is 1. The van der Waals surface area contributed by atoms with E-state index >= 15 is 0 Å². The molecule has 0 rings (SSSR count). The lowest BCUT2D eigenvalue weighted by Crippen LogP contribution is -2.02. The van der Waals surface area contributed by atoms with Crippen molar-refractivity contribution in [2.24, 2.45) is 0 Å². The molecule has 0 aliphatic carbocycles. The van der Waals surface area contributed by atoms with Crippen molar-refractivity contribution in [3.63, 3.8) is 0 Å². The Morgan fingerprint density at radius 2 is 1.77 bits per heavy atom. The molecule has 0 heterocycles. The van der Waals surface area contributed by atoms with Gasteiger partial charge in [-0.3, -0.25) is 0 Å². The highest BCUT2D eigenvalue weighted by molar-refractivity contribution is 5.90. The largest absolute Gasteiger partial charge is 0.481 e. The van der Waals surface area contributed by atoms with Crippen LogP contribution in [0.15, 0.2) is 24.2 Å². The number of carboxylic acid groups (broad SMARTS) is 1. The Morgan fingerprint density at radius 1 is 1.15 bits per heavy atom. The molecule has 0 aromatic carbocycles. The maximum atomic E-state index is 10.6. The monoisotopic (exact) mass is 188 g/mol. The number of hydrogen-bond donors (Lipinski definition) is 3. The molecule has 6 heteroatoms. The molecule has 0 bridgehead atoms. The van der Waals surface area contributed by atoms with Gasteiger partial charge in [0.05, 0.1) is 0 Å². The molecule has 0 aliphatic rings. The van der Waals surface area contributed by atoms with Crippen molar-refractivity contribution in [1.82, 2.24) is 0 Å². The Bertz CT molecular complexity index is 248. The summed E-state index contributed by atoms with van der Waals surface area (Å²) in [4.78, 5) is 20.5. The highest BCUT2D eigenvalue weighted by Crippen LogP contribution is 1.85. The van der Waals surface area contributed by atoms with Crippen LogP contribution in [0.1, 0.15) is 0 Å². The molecule has 0 saturated carbocycles. The topological polar surface area (TPSA) is 104 Å². The zero-order chi connectivity index (χ0) is 10.3. The summed E-state index contributed by atoms with van der Waals surface area (Å²) in [5, 5.41) is 24.5. The fourth-order valence-electron chi connectivity index (χ4n) is 0.386. The zero-order valence-electron chi connectivity index (χ0n) is 6.51. The third-order valence-electron chi connectivity index (χ3n) is 0.853. The van der Waals surface area contributed by atoms with Crippen LogP contribution in [0.2, 0.25) is 0 Å². The van der Waals surface area contributed by atoms with Gasteiger partial charge in [0.15, 0.2) is 0 Å². The van der Waals surface area contributed by atoms with E-state index in [0.29, 0.717) is 12.2 Å². The minimum atomic E-state index is -1.27. The van der Waals surface area contributed by atoms with E-state index < -0.39 is 17.9 Å². The van der Waals surface area contributed by atoms with Gasteiger partial charge < -0.3 is 20.1 Å². The van der Waals surface area contributed by atoms with Crippen molar-refractivity contribution in [3.8, 4) is 0 Å². The number of aliphatic hydroxyl groups is 2. The second-order valence-corrected chi connectivity index (χ2v) is 1.86. The van der Waals surface area contributed by atoms with Gasteiger partial charge in [0.2, 0.25) is 0 Å². The number of ether oxygens (including phenoxy) is 1. The van der Waals surface area contributed by atoms with E-state index in [9.17, 15) is 9.59 Å². The van der Waals surface area contributed by atoms with Crippen LogP contribution in [-0.2, 0) is 14.3 Å². The van der Waals surface area contributed by atoms with Crippen LogP contribution in [0.25, 0.3) is 0 Å². The lowest BCUT2D eigenvalue weighted by molar-refractivity contribution is -0.137. The van der Waals surface area contributed by atoms with E-state index in [0.717, 1.165) is 6.08 Å². The minimum absolute atomic E-state index is 0.328. The Balaban J connectivity index is 3.77. The maximum Gasteiger partial charge on any atom is 0.331 e. The molecule has 0 atom stereocenters. The third-order valence-corrected chi connectivity index (χ3v) is 0.853. The van der Waals surface area contributed by atoms with Gasteiger partial charge in [-0.1, -0.05) is 0 Å². The Labute approximate surface area is 73.4 Å². The van der Waals surface area contributed by atoms with Crippen molar-refractivity contribution in [2.75, 3.05) is 6.61 Å². The van der Waals surface area contributed by atoms with Gasteiger partial charge in [-0.2, -0.15) is 0 Å². The quantitative estimate of drug-likeness (QED) is 0.329. The van der Waals surface area contributed by atoms with Crippen molar-refractivity contribution in [3.05, 3.63) is 24.2 Å². The van der Waals surface area contributed by atoms with Crippen LogP contribution >= 0.6 is 0 Å². The first-order chi connectivity index (χ1) is 6.02. The number of hydrogen-bond acceptors (Lipinski definition) is 5. The van der Waals surface area contributed by atoms with Gasteiger partial charge in [0, 0.05) is 18.2 Å². The first-order valence-electron chi connectivity index (χ1n) is 3.18. The number of carbonyl (C=O) groups excluding carboxylic acids is 1. The average Bonchev–Trinajstić information content (AvgIpc) is 2.00. The lowest BCUT2D eigenvalue weighted by Gasteiger charge is -1.94. The Morgan fingerprint density at radius 3 is 2.23 bits per heavy atom. The van der Waals surface area contributed by atoms with Crippen LogP contribution in [0, 0.1) is 0 Å². The van der Waals surface area contributed by atoms with E-state index in [1.54, 1.807) is 0 Å². The van der Waals surface area contributed by atoms with Crippen LogP contribution in [0.5, 0.6) is 0 Å². The first kappa shape index (κ1) is 11.0. The molecule has 0 spiro atoms. The van der Waals surface area contributed by atoms with Crippen molar-refractivity contribution < 1.29 is 29.6 Å². The Hall–Kier alpha value is -1.98. The molecule has 0 aromatic heterocycles. The summed E-state index contributed by atoms with van der Waals surface area (Å²) in [5.41, 5.74) is 0. The molecule has 6 nitrogen and oxygen atoms in total. The Kier molecular flexibility index (Phi) is 4.78. The molecule has 0 fully saturated rings. The summed E-state index contributed by atoms with van der Waals surface area (Å²) < 4.78 is 4.32. The standard InChI is InChI=1S/C7H8O6/c8-5(9)1-2-7(12)13-4-3-6(10)11/h1-3,10-11H,4H2,(H,8,9). The molecule has 0 aliphatic heterocycles. The fraction of sp³-hybridized carbons (Fsp3) is 0.143. The van der Waals surface area contributed by atoms with E-state index in [1.165, 1.54) is 0 Å². The van der Waals surface area contributed by atoms with Crippen molar-refractivity contribution in [2.45, 2.75) is 0 Å². The number of aliphatic carboxylic acids is 1. The van der Waals surface area contributed by atoms with Crippen molar-refractivity contribution >= 4 is 11.9 Å². The second kappa shape index (κ2) is 5.64. The smallest absolute Gasteiger partial charge is 0.331 e. The number of carbonyl (C=O) groups is 2. The highest BCUT2D eigenvalue weighted by atomic mass is 16.5. The number of esters is 1. The minimum Gasteiger partial charge on any atom is -0.481 e. The molecule has 3 N–H and O–H groups in total. The summed E-state index contributed by atoms with van der Waals surface area (Å²) in [6.45, 7) is -0.328. The molecule has 72 valence electrons. The predicted octanol–water partition coefficient (Wildman–Crippen LogP) is 0.128. The molecule has 0 unspecified atom stereocenters. The highest BCUT2D eigenvalue weighted by Gasteiger charge is 1.96. The predicted molar refractivity (Wildman–Crippen MR) is 41.1 cm³/mol. The van der Waals surface area contributed by atoms with Crippen LogP contribution in [-0.4, -0.2) is 33.9 Å². The molecular formula is C7H8O6. The average molecular weight is 188 g/mol. The van der Waals surface area contributed by atoms with Gasteiger partial charge in [-0.15, -0.1) is 0 Å². The SMILES string of the molecule is O=C(O)C=CC(=O)OCC=C(O)O. The zero-order valence-corrected chi connectivity index (χ0v) is 6.51. The summed E-state index contributed by atoms with van der Waals surface area (Å²) >= 11 is 0. The normalized spacial score (nSPS) is 9.54. The second-order valence-electron chi connectivity index (χ2n) is 1.86. The van der Waals surface area contributed by atoms with E-state index in [1.807, 2.05) is 0 Å². The van der Waals surface area contributed by atoms with Crippen LogP contribution < -0.4 is 0 Å².